The van der Waals surface area contributed by atoms with E-state index >= 15 is 0 Å². The molecule has 0 bridgehead atoms. The minimum absolute atomic E-state index is 0.113. The smallest absolute Gasteiger partial charge is 0.224 e. The number of carbonyl (C=O) groups excluding carboxylic acids is 1. The number of rotatable bonds is 6. The van der Waals surface area contributed by atoms with E-state index in [2.05, 4.69) is 42.1 Å². The molecule has 0 saturated carbocycles. The Hall–Kier alpha value is -2.21. The number of hydrogen-bond donors (Lipinski definition) is 0. The van der Waals surface area contributed by atoms with Crippen molar-refractivity contribution in [2.75, 3.05) is 13.1 Å². The van der Waals surface area contributed by atoms with Crippen LogP contribution in [0.4, 0.5) is 4.39 Å². The molecule has 1 aromatic heterocycles. The maximum atomic E-state index is 13.2. The zero-order chi connectivity index (χ0) is 20.3. The summed E-state index contributed by atoms with van der Waals surface area (Å²) in [5.74, 6) is 1.28. The van der Waals surface area contributed by atoms with E-state index in [1.165, 1.54) is 12.1 Å². The number of halogens is 1. The molecule has 5 nitrogen and oxygen atoms in total. The van der Waals surface area contributed by atoms with E-state index in [1.54, 1.807) is 12.1 Å². The quantitative estimate of drug-likeness (QED) is 0.757. The maximum absolute atomic E-state index is 13.2. The summed E-state index contributed by atoms with van der Waals surface area (Å²) in [4.78, 5) is 21.8. The zero-order valence-corrected chi connectivity index (χ0v) is 17.3. The van der Waals surface area contributed by atoms with Crippen molar-refractivity contribution >= 4 is 5.91 Å². The molecule has 1 aromatic carbocycles. The highest BCUT2D eigenvalue weighted by molar-refractivity contribution is 5.77. The number of carbonyl (C=O) groups is 1. The molecule has 3 rings (SSSR count). The van der Waals surface area contributed by atoms with Crippen LogP contribution in [0.25, 0.3) is 0 Å². The third kappa shape index (κ3) is 4.79. The highest BCUT2D eigenvalue weighted by atomic mass is 19.1. The van der Waals surface area contributed by atoms with Crippen molar-refractivity contribution in [2.45, 2.75) is 59.3 Å². The average molecular weight is 387 g/mol. The van der Waals surface area contributed by atoms with Crippen LogP contribution in [0.5, 0.6) is 0 Å². The molecule has 2 heterocycles. The van der Waals surface area contributed by atoms with Crippen LogP contribution < -0.4 is 0 Å². The molecule has 1 amide bonds. The summed E-state index contributed by atoms with van der Waals surface area (Å²) in [7, 11) is 0. The molecule has 1 aliphatic heterocycles. The highest BCUT2D eigenvalue weighted by Gasteiger charge is 2.32. The molecule has 28 heavy (non-hydrogen) atoms. The molecular weight excluding hydrogens is 355 g/mol. The largest absolute Gasteiger partial charge is 0.334 e. The Balaban J connectivity index is 1.77. The van der Waals surface area contributed by atoms with Crippen molar-refractivity contribution in [1.82, 2.24) is 19.4 Å². The van der Waals surface area contributed by atoms with Gasteiger partial charge in [0, 0.05) is 50.5 Å². The summed E-state index contributed by atoms with van der Waals surface area (Å²) >= 11 is 0. The molecule has 0 radical (unpaired) electrons. The minimum Gasteiger partial charge on any atom is -0.334 e. The summed E-state index contributed by atoms with van der Waals surface area (Å²) in [5.41, 5.74) is 0.962. The number of benzene rings is 1. The van der Waals surface area contributed by atoms with Gasteiger partial charge in [-0.15, -0.1) is 0 Å². The Bertz CT molecular complexity index is 784. The lowest BCUT2D eigenvalue weighted by Gasteiger charge is -2.35. The lowest BCUT2D eigenvalue weighted by molar-refractivity contribution is -0.134. The molecule has 1 unspecified atom stereocenters. The Morgan fingerprint density at radius 3 is 2.50 bits per heavy atom. The van der Waals surface area contributed by atoms with E-state index in [0.717, 1.165) is 31.0 Å². The van der Waals surface area contributed by atoms with Gasteiger partial charge in [0.15, 0.2) is 0 Å². The zero-order valence-electron chi connectivity index (χ0n) is 17.3. The van der Waals surface area contributed by atoms with Crippen molar-refractivity contribution in [3.8, 4) is 0 Å². The van der Waals surface area contributed by atoms with Gasteiger partial charge < -0.3 is 9.47 Å². The topological polar surface area (TPSA) is 41.4 Å². The van der Waals surface area contributed by atoms with E-state index in [1.807, 2.05) is 17.3 Å². The molecule has 1 fully saturated rings. The van der Waals surface area contributed by atoms with Gasteiger partial charge in [-0.05, 0) is 37.5 Å². The van der Waals surface area contributed by atoms with Crippen LogP contribution in [0.1, 0.15) is 51.5 Å². The molecule has 0 spiro atoms. The monoisotopic (exact) mass is 386 g/mol. The van der Waals surface area contributed by atoms with Gasteiger partial charge in [0.1, 0.15) is 11.6 Å². The number of amides is 1. The molecule has 1 aliphatic rings. The van der Waals surface area contributed by atoms with Crippen molar-refractivity contribution in [3.05, 3.63) is 53.9 Å². The third-order valence-electron chi connectivity index (χ3n) is 5.51. The first kappa shape index (κ1) is 20.5. The van der Waals surface area contributed by atoms with Gasteiger partial charge in [-0.3, -0.25) is 9.69 Å². The predicted octanol–water partition coefficient (Wildman–Crippen LogP) is 3.86. The van der Waals surface area contributed by atoms with E-state index in [4.69, 9.17) is 0 Å². The average Bonchev–Trinajstić information content (AvgIpc) is 3.05. The second-order valence-electron chi connectivity index (χ2n) is 8.29. The SMILES string of the molecule is CC(C)C1CN(Cc2nccn2C(C)C)CCC(=O)N1Cc1ccc(F)cc1. The number of aromatic nitrogens is 2. The second-order valence-corrected chi connectivity index (χ2v) is 8.29. The Kier molecular flexibility index (Phi) is 6.50. The van der Waals surface area contributed by atoms with Gasteiger partial charge >= 0.3 is 0 Å². The van der Waals surface area contributed by atoms with Gasteiger partial charge in [0.25, 0.3) is 0 Å². The van der Waals surface area contributed by atoms with Crippen LogP contribution in [0, 0.1) is 11.7 Å². The van der Waals surface area contributed by atoms with Crippen LogP contribution in [-0.2, 0) is 17.9 Å². The molecule has 0 aliphatic carbocycles. The number of nitrogens with zero attached hydrogens (tertiary/aromatic N) is 4. The van der Waals surface area contributed by atoms with Crippen LogP contribution >= 0.6 is 0 Å². The Morgan fingerprint density at radius 1 is 1.14 bits per heavy atom. The van der Waals surface area contributed by atoms with Gasteiger partial charge in [-0.25, -0.2) is 9.37 Å². The first-order chi connectivity index (χ1) is 13.3. The van der Waals surface area contributed by atoms with E-state index < -0.39 is 0 Å². The maximum Gasteiger partial charge on any atom is 0.224 e. The second kappa shape index (κ2) is 8.86. The Labute approximate surface area is 167 Å². The third-order valence-corrected chi connectivity index (χ3v) is 5.51. The fourth-order valence-electron chi connectivity index (χ4n) is 3.88. The molecule has 2 aromatic rings. The molecular formula is C22H31FN4O. The van der Waals surface area contributed by atoms with Gasteiger partial charge in [0.05, 0.1) is 6.54 Å². The standard InChI is InChI=1S/C22H31FN4O/c1-16(2)20-14-25(15-21-24-10-12-26(21)17(3)4)11-9-22(28)27(20)13-18-5-7-19(23)8-6-18/h5-8,10,12,16-17,20H,9,11,13-15H2,1-4H3. The van der Waals surface area contributed by atoms with E-state index in [-0.39, 0.29) is 17.8 Å². The van der Waals surface area contributed by atoms with Gasteiger partial charge in [-0.2, -0.15) is 0 Å². The molecule has 6 heteroatoms. The van der Waals surface area contributed by atoms with Crippen molar-refractivity contribution in [3.63, 3.8) is 0 Å². The van der Waals surface area contributed by atoms with Gasteiger partial charge in [-0.1, -0.05) is 26.0 Å². The fourth-order valence-corrected chi connectivity index (χ4v) is 3.88. The minimum atomic E-state index is -0.252. The summed E-state index contributed by atoms with van der Waals surface area (Å²) in [6.45, 7) is 11.4. The lowest BCUT2D eigenvalue weighted by Crippen LogP contribution is -2.46. The number of hydrogen-bond acceptors (Lipinski definition) is 3. The summed E-state index contributed by atoms with van der Waals surface area (Å²) in [5, 5.41) is 0. The molecule has 152 valence electrons. The van der Waals surface area contributed by atoms with E-state index in [9.17, 15) is 9.18 Å². The number of imidazole rings is 1. The lowest BCUT2D eigenvalue weighted by atomic mass is 10.0. The first-order valence-electron chi connectivity index (χ1n) is 10.1. The highest BCUT2D eigenvalue weighted by Crippen LogP contribution is 2.22. The molecule has 1 saturated heterocycles. The van der Waals surface area contributed by atoms with Crippen molar-refractivity contribution < 1.29 is 9.18 Å². The van der Waals surface area contributed by atoms with Crippen molar-refractivity contribution in [1.29, 1.82) is 0 Å². The summed E-state index contributed by atoms with van der Waals surface area (Å²) in [6, 6.07) is 6.93. The van der Waals surface area contributed by atoms with Crippen LogP contribution in [0.3, 0.4) is 0 Å². The fraction of sp³-hybridized carbons (Fsp3) is 0.545. The molecule has 1 atom stereocenters. The van der Waals surface area contributed by atoms with Crippen LogP contribution in [0.2, 0.25) is 0 Å². The van der Waals surface area contributed by atoms with E-state index in [0.29, 0.717) is 24.9 Å². The summed E-state index contributed by atoms with van der Waals surface area (Å²) < 4.78 is 15.4. The van der Waals surface area contributed by atoms with Crippen molar-refractivity contribution in [2.24, 2.45) is 5.92 Å². The van der Waals surface area contributed by atoms with Crippen LogP contribution in [0.15, 0.2) is 36.7 Å². The molecule has 0 N–H and O–H groups in total. The summed E-state index contributed by atoms with van der Waals surface area (Å²) in [6.07, 6.45) is 4.36. The van der Waals surface area contributed by atoms with Gasteiger partial charge in [0.2, 0.25) is 5.91 Å². The van der Waals surface area contributed by atoms with Crippen LogP contribution in [-0.4, -0.2) is 44.4 Å². The normalized spacial score (nSPS) is 18.9. The predicted molar refractivity (Wildman–Crippen MR) is 108 cm³/mol. The Morgan fingerprint density at radius 2 is 1.86 bits per heavy atom. The first-order valence-corrected chi connectivity index (χ1v) is 10.1.